The maximum atomic E-state index is 13.2. The molecule has 0 spiro atoms. The highest BCUT2D eigenvalue weighted by atomic mass is 35.5. The molecule has 0 radical (unpaired) electrons. The van der Waals surface area contributed by atoms with Gasteiger partial charge in [0.05, 0.1) is 5.02 Å². The summed E-state index contributed by atoms with van der Waals surface area (Å²) in [6, 6.07) is 12.8. The maximum absolute atomic E-state index is 13.2. The number of benzene rings is 2. The highest BCUT2D eigenvalue weighted by molar-refractivity contribution is 6.31. The Bertz CT molecular complexity index is 940. The van der Waals surface area contributed by atoms with Gasteiger partial charge in [0, 0.05) is 28.3 Å². The summed E-state index contributed by atoms with van der Waals surface area (Å²) in [6.45, 7) is 3.80. The second-order valence-electron chi connectivity index (χ2n) is 5.76. The Morgan fingerprint density at radius 3 is 2.19 bits per heavy atom. The van der Waals surface area contributed by atoms with Crippen LogP contribution >= 0.6 is 11.6 Å². The molecule has 2 N–H and O–H groups in total. The molecule has 0 aliphatic heterocycles. The minimum absolute atomic E-state index is 0.0456. The highest BCUT2D eigenvalue weighted by Crippen LogP contribution is 2.20. The molecule has 5 nitrogen and oxygen atoms in total. The van der Waals surface area contributed by atoms with E-state index in [0.29, 0.717) is 17.2 Å². The first-order valence-corrected chi connectivity index (χ1v) is 8.24. The molecule has 1 heterocycles. The van der Waals surface area contributed by atoms with Crippen molar-refractivity contribution in [1.29, 1.82) is 0 Å². The van der Waals surface area contributed by atoms with Crippen molar-refractivity contribution in [3.63, 3.8) is 0 Å². The molecule has 3 rings (SSSR count). The van der Waals surface area contributed by atoms with Gasteiger partial charge in [-0.15, -0.1) is 0 Å². The summed E-state index contributed by atoms with van der Waals surface area (Å²) in [5, 5.41) is 5.73. The second-order valence-corrected chi connectivity index (χ2v) is 6.17. The van der Waals surface area contributed by atoms with Gasteiger partial charge in [-0.2, -0.15) is 0 Å². The number of aromatic nitrogens is 2. The van der Waals surface area contributed by atoms with E-state index >= 15 is 0 Å². The number of nitrogens with zero attached hydrogens (tertiary/aromatic N) is 2. The molecule has 0 bridgehead atoms. The van der Waals surface area contributed by atoms with Crippen LogP contribution < -0.4 is 10.6 Å². The molecule has 132 valence electrons. The molecule has 1 aromatic heterocycles. The number of hydrogen-bond donors (Lipinski definition) is 2. The number of hydrogen-bond acceptors (Lipinski definition) is 4. The normalized spacial score (nSPS) is 10.5. The lowest BCUT2D eigenvalue weighted by Crippen LogP contribution is -2.12. The quantitative estimate of drug-likeness (QED) is 0.686. The summed E-state index contributed by atoms with van der Waals surface area (Å²) in [5.74, 6) is -0.351. The van der Waals surface area contributed by atoms with Crippen LogP contribution in [0.3, 0.4) is 0 Å². The third-order valence-corrected chi connectivity index (χ3v) is 3.85. The van der Waals surface area contributed by atoms with E-state index in [1.165, 1.54) is 18.2 Å². The number of carbonyl (C=O) groups is 1. The van der Waals surface area contributed by atoms with Gasteiger partial charge in [0.15, 0.2) is 0 Å². The molecule has 0 fully saturated rings. The first-order valence-electron chi connectivity index (χ1n) is 7.86. The Morgan fingerprint density at radius 1 is 0.962 bits per heavy atom. The molecule has 0 saturated heterocycles. The predicted octanol–water partition coefficient (Wildman–Crippen LogP) is 4.88. The van der Waals surface area contributed by atoms with Crippen LogP contribution in [0.5, 0.6) is 0 Å². The van der Waals surface area contributed by atoms with Crippen molar-refractivity contribution in [1.82, 2.24) is 9.97 Å². The van der Waals surface area contributed by atoms with Gasteiger partial charge in [0.2, 0.25) is 5.95 Å². The van der Waals surface area contributed by atoms with Crippen LogP contribution in [0.4, 0.5) is 21.7 Å². The van der Waals surface area contributed by atoms with Gasteiger partial charge in [-0.05, 0) is 62.4 Å². The summed E-state index contributed by atoms with van der Waals surface area (Å²) >= 11 is 5.72. The molecule has 0 unspecified atom stereocenters. The number of rotatable bonds is 4. The van der Waals surface area contributed by atoms with Crippen molar-refractivity contribution < 1.29 is 9.18 Å². The van der Waals surface area contributed by atoms with Crippen LogP contribution in [0.1, 0.15) is 21.7 Å². The van der Waals surface area contributed by atoms with Crippen molar-refractivity contribution in [2.24, 2.45) is 0 Å². The molecular formula is C19H16ClFN4O. The Labute approximate surface area is 155 Å². The number of nitrogens with one attached hydrogen (secondary N) is 2. The molecule has 7 heteroatoms. The van der Waals surface area contributed by atoms with E-state index in [4.69, 9.17) is 11.6 Å². The third kappa shape index (κ3) is 4.34. The van der Waals surface area contributed by atoms with Crippen molar-refractivity contribution >= 4 is 34.8 Å². The number of aryl methyl sites for hydroxylation is 2. The fourth-order valence-electron chi connectivity index (χ4n) is 2.39. The lowest BCUT2D eigenvalue weighted by Gasteiger charge is -2.09. The molecule has 0 atom stereocenters. The Kier molecular flexibility index (Phi) is 5.14. The Hall–Kier alpha value is -2.99. The van der Waals surface area contributed by atoms with Crippen molar-refractivity contribution in [3.05, 3.63) is 76.3 Å². The van der Waals surface area contributed by atoms with Crippen LogP contribution in [-0.2, 0) is 0 Å². The predicted molar refractivity (Wildman–Crippen MR) is 101 cm³/mol. The zero-order valence-corrected chi connectivity index (χ0v) is 14.9. The lowest BCUT2D eigenvalue weighted by atomic mass is 10.2. The monoisotopic (exact) mass is 370 g/mol. The highest BCUT2D eigenvalue weighted by Gasteiger charge is 2.08. The van der Waals surface area contributed by atoms with Crippen LogP contribution in [0, 0.1) is 19.7 Å². The molecule has 1 amide bonds. The molecule has 2 aromatic carbocycles. The first-order chi connectivity index (χ1) is 12.4. The standard InChI is InChI=1S/C19H16ClFN4O/c1-11-9-12(2)23-19(22-11)25-14-5-3-13(4-6-14)18(26)24-15-7-8-17(21)16(20)10-15/h3-10H,1-2H3,(H,24,26)(H,22,23,25). The zero-order valence-electron chi connectivity index (χ0n) is 14.2. The second kappa shape index (κ2) is 7.49. The summed E-state index contributed by atoms with van der Waals surface area (Å²) in [7, 11) is 0. The summed E-state index contributed by atoms with van der Waals surface area (Å²) in [4.78, 5) is 20.9. The lowest BCUT2D eigenvalue weighted by molar-refractivity contribution is 0.102. The van der Waals surface area contributed by atoms with Crippen LogP contribution in [0.15, 0.2) is 48.5 Å². The fraction of sp³-hybridized carbons (Fsp3) is 0.105. The van der Waals surface area contributed by atoms with E-state index < -0.39 is 5.82 Å². The minimum atomic E-state index is -0.534. The Balaban J connectivity index is 1.70. The third-order valence-electron chi connectivity index (χ3n) is 3.56. The minimum Gasteiger partial charge on any atom is -0.324 e. The van der Waals surface area contributed by atoms with Crippen molar-refractivity contribution in [3.8, 4) is 0 Å². The number of carbonyl (C=O) groups excluding carboxylic acids is 1. The number of amides is 1. The molecule has 0 aliphatic carbocycles. The van der Waals surface area contributed by atoms with Crippen molar-refractivity contribution in [2.45, 2.75) is 13.8 Å². The summed E-state index contributed by atoms with van der Waals surface area (Å²) in [6.07, 6.45) is 0. The van der Waals surface area contributed by atoms with E-state index in [2.05, 4.69) is 20.6 Å². The van der Waals surface area contributed by atoms with Crippen molar-refractivity contribution in [2.75, 3.05) is 10.6 Å². The van der Waals surface area contributed by atoms with Crippen LogP contribution in [0.25, 0.3) is 0 Å². The SMILES string of the molecule is Cc1cc(C)nc(Nc2ccc(C(=O)Nc3ccc(F)c(Cl)c3)cc2)n1. The van der Waals surface area contributed by atoms with E-state index in [1.54, 1.807) is 24.3 Å². The Morgan fingerprint density at radius 2 is 1.58 bits per heavy atom. The summed E-state index contributed by atoms with van der Waals surface area (Å²) < 4.78 is 13.2. The number of halogens is 2. The zero-order chi connectivity index (χ0) is 18.7. The topological polar surface area (TPSA) is 66.9 Å². The molecule has 0 aliphatic rings. The van der Waals surface area contributed by atoms with Gasteiger partial charge in [-0.25, -0.2) is 14.4 Å². The van der Waals surface area contributed by atoms with E-state index in [1.807, 2.05) is 19.9 Å². The van der Waals surface area contributed by atoms with Crippen LogP contribution in [0.2, 0.25) is 5.02 Å². The van der Waals surface area contributed by atoms with Gasteiger partial charge in [0.1, 0.15) is 5.82 Å². The average molecular weight is 371 g/mol. The van der Waals surface area contributed by atoms with Crippen LogP contribution in [-0.4, -0.2) is 15.9 Å². The smallest absolute Gasteiger partial charge is 0.255 e. The van der Waals surface area contributed by atoms with Gasteiger partial charge < -0.3 is 10.6 Å². The van der Waals surface area contributed by atoms with Gasteiger partial charge in [-0.3, -0.25) is 4.79 Å². The van der Waals surface area contributed by atoms with E-state index in [-0.39, 0.29) is 10.9 Å². The van der Waals surface area contributed by atoms with E-state index in [9.17, 15) is 9.18 Å². The molecule has 3 aromatic rings. The molecular weight excluding hydrogens is 355 g/mol. The average Bonchev–Trinajstić information content (AvgIpc) is 2.58. The van der Waals surface area contributed by atoms with E-state index in [0.717, 1.165) is 17.1 Å². The molecule has 0 saturated carbocycles. The largest absolute Gasteiger partial charge is 0.324 e. The summed E-state index contributed by atoms with van der Waals surface area (Å²) in [5.41, 5.74) is 3.38. The van der Waals surface area contributed by atoms with Gasteiger partial charge in [-0.1, -0.05) is 11.6 Å². The maximum Gasteiger partial charge on any atom is 0.255 e. The van der Waals surface area contributed by atoms with Gasteiger partial charge in [0.25, 0.3) is 5.91 Å². The first kappa shape index (κ1) is 17.8. The van der Waals surface area contributed by atoms with Gasteiger partial charge >= 0.3 is 0 Å². The fourth-order valence-corrected chi connectivity index (χ4v) is 2.57. The molecule has 26 heavy (non-hydrogen) atoms. The number of anilines is 3.